The molecule has 7 nitrogen and oxygen atoms in total. The Bertz CT molecular complexity index is 672. The van der Waals surface area contributed by atoms with E-state index in [-0.39, 0.29) is 16.3 Å². The summed E-state index contributed by atoms with van der Waals surface area (Å²) in [5.41, 5.74) is 0.741. The minimum Gasteiger partial charge on any atom is -0.369 e. The Morgan fingerprint density at radius 3 is 2.12 bits per heavy atom. The number of nitrogens with zero attached hydrogens (tertiary/aromatic N) is 2. The van der Waals surface area contributed by atoms with Crippen LogP contribution in [0.5, 0.6) is 0 Å². The highest BCUT2D eigenvalue weighted by atomic mass is 32.2. The molecule has 24 heavy (non-hydrogen) atoms. The van der Waals surface area contributed by atoms with Gasteiger partial charge in [0.1, 0.15) is 0 Å². The van der Waals surface area contributed by atoms with Gasteiger partial charge >= 0.3 is 0 Å². The first kappa shape index (κ1) is 18.7. The molecule has 3 N–H and O–H groups in total. The number of nitrogens with one attached hydrogen (secondary N) is 1. The van der Waals surface area contributed by atoms with Crippen LogP contribution >= 0.6 is 0 Å². The van der Waals surface area contributed by atoms with Gasteiger partial charge in [-0.1, -0.05) is 0 Å². The van der Waals surface area contributed by atoms with Gasteiger partial charge in [0.05, 0.1) is 11.4 Å². The number of carbonyl (C=O) groups is 1. The Kier molecular flexibility index (Phi) is 5.52. The van der Waals surface area contributed by atoms with Gasteiger partial charge in [-0.3, -0.25) is 9.69 Å². The lowest BCUT2D eigenvalue weighted by atomic mass is 10.1. The number of hydrogen-bond donors (Lipinski definition) is 2. The molecule has 0 radical (unpaired) electrons. The van der Waals surface area contributed by atoms with Crippen LogP contribution in [0, 0.1) is 0 Å². The number of carbonyl (C=O) groups excluding carboxylic acids is 1. The first-order valence-electron chi connectivity index (χ1n) is 7.96. The summed E-state index contributed by atoms with van der Waals surface area (Å²) in [6, 6.07) is 6.57. The minimum atomic E-state index is -3.66. The third kappa shape index (κ3) is 5.47. The molecule has 2 rings (SSSR count). The van der Waals surface area contributed by atoms with E-state index in [1.165, 1.54) is 12.1 Å². The van der Waals surface area contributed by atoms with Crippen LogP contribution in [-0.4, -0.2) is 57.5 Å². The zero-order valence-corrected chi connectivity index (χ0v) is 15.3. The van der Waals surface area contributed by atoms with Crippen LogP contribution in [0.1, 0.15) is 20.8 Å². The molecule has 1 heterocycles. The average Bonchev–Trinajstić information content (AvgIpc) is 2.45. The standard InChI is InChI=1S/C16H26N4O3S/c1-16(2,3)18-15(21)12-19-8-10-20(11-9-19)13-4-6-14(7-5-13)24(17,22)23/h4-7H,8-12H2,1-3H3,(H,18,21)(H2,17,22,23). The average molecular weight is 354 g/mol. The van der Waals surface area contributed by atoms with Crippen LogP contribution in [0.4, 0.5) is 5.69 Å². The molecule has 0 aliphatic carbocycles. The topological polar surface area (TPSA) is 95.7 Å². The van der Waals surface area contributed by atoms with Crippen molar-refractivity contribution >= 4 is 21.6 Å². The number of anilines is 1. The fraction of sp³-hybridized carbons (Fsp3) is 0.562. The molecule has 0 atom stereocenters. The van der Waals surface area contributed by atoms with E-state index in [9.17, 15) is 13.2 Å². The Hall–Kier alpha value is -1.64. The molecular weight excluding hydrogens is 328 g/mol. The quantitative estimate of drug-likeness (QED) is 0.814. The van der Waals surface area contributed by atoms with E-state index in [4.69, 9.17) is 5.14 Å². The fourth-order valence-electron chi connectivity index (χ4n) is 2.67. The Morgan fingerprint density at radius 1 is 1.12 bits per heavy atom. The Labute approximate surface area is 143 Å². The van der Waals surface area contributed by atoms with Crippen molar-refractivity contribution in [3.63, 3.8) is 0 Å². The van der Waals surface area contributed by atoms with Gasteiger partial charge in [-0.05, 0) is 45.0 Å². The number of benzene rings is 1. The van der Waals surface area contributed by atoms with E-state index in [0.717, 1.165) is 31.9 Å². The van der Waals surface area contributed by atoms with Crippen molar-refractivity contribution in [3.8, 4) is 0 Å². The molecule has 1 amide bonds. The second-order valence-corrected chi connectivity index (χ2v) is 8.66. The van der Waals surface area contributed by atoms with Crippen LogP contribution in [-0.2, 0) is 14.8 Å². The minimum absolute atomic E-state index is 0.0356. The van der Waals surface area contributed by atoms with Crippen LogP contribution in [0.3, 0.4) is 0 Å². The number of piperazine rings is 1. The summed E-state index contributed by atoms with van der Waals surface area (Å²) < 4.78 is 22.6. The normalized spacial score (nSPS) is 16.9. The van der Waals surface area contributed by atoms with Crippen LogP contribution in [0.25, 0.3) is 0 Å². The molecule has 0 saturated carbocycles. The second-order valence-electron chi connectivity index (χ2n) is 7.10. The lowest BCUT2D eigenvalue weighted by molar-refractivity contribution is -0.123. The molecule has 0 spiro atoms. The molecular formula is C16H26N4O3S. The maximum absolute atomic E-state index is 12.0. The van der Waals surface area contributed by atoms with Gasteiger partial charge in [-0.2, -0.15) is 0 Å². The summed E-state index contributed by atoms with van der Waals surface area (Å²) >= 11 is 0. The van der Waals surface area contributed by atoms with E-state index in [2.05, 4.69) is 15.1 Å². The molecule has 0 bridgehead atoms. The first-order chi connectivity index (χ1) is 11.0. The lowest BCUT2D eigenvalue weighted by Crippen LogP contribution is -2.51. The molecule has 1 aliphatic heterocycles. The Balaban J connectivity index is 1.87. The zero-order valence-electron chi connectivity index (χ0n) is 14.4. The smallest absolute Gasteiger partial charge is 0.238 e. The highest BCUT2D eigenvalue weighted by Gasteiger charge is 2.21. The van der Waals surface area contributed by atoms with Crippen molar-refractivity contribution in [2.45, 2.75) is 31.2 Å². The van der Waals surface area contributed by atoms with Crippen LogP contribution in [0.15, 0.2) is 29.2 Å². The van der Waals surface area contributed by atoms with E-state index in [1.54, 1.807) is 12.1 Å². The Morgan fingerprint density at radius 2 is 1.67 bits per heavy atom. The predicted molar refractivity (Wildman–Crippen MR) is 94.4 cm³/mol. The number of sulfonamides is 1. The molecule has 1 saturated heterocycles. The largest absolute Gasteiger partial charge is 0.369 e. The first-order valence-corrected chi connectivity index (χ1v) is 9.50. The summed E-state index contributed by atoms with van der Waals surface area (Å²) in [6.07, 6.45) is 0. The molecule has 0 unspecified atom stereocenters. The van der Waals surface area contributed by atoms with Crippen molar-refractivity contribution in [3.05, 3.63) is 24.3 Å². The summed E-state index contributed by atoms with van der Waals surface area (Å²) in [5, 5.41) is 8.07. The SMILES string of the molecule is CC(C)(C)NC(=O)CN1CCN(c2ccc(S(N)(=O)=O)cc2)CC1. The fourth-order valence-corrected chi connectivity index (χ4v) is 3.19. The molecule has 134 valence electrons. The summed E-state index contributed by atoms with van der Waals surface area (Å²) in [4.78, 5) is 16.4. The molecule has 1 aliphatic rings. The number of hydrogen-bond acceptors (Lipinski definition) is 5. The predicted octanol–water partition coefficient (Wildman–Crippen LogP) is 0.371. The number of primary sulfonamides is 1. The van der Waals surface area contributed by atoms with Crippen molar-refractivity contribution < 1.29 is 13.2 Å². The second kappa shape index (κ2) is 7.08. The van der Waals surface area contributed by atoms with Gasteiger partial charge in [0.25, 0.3) is 0 Å². The van der Waals surface area contributed by atoms with Crippen LogP contribution in [0.2, 0.25) is 0 Å². The van der Waals surface area contributed by atoms with Crippen molar-refractivity contribution in [2.24, 2.45) is 5.14 Å². The molecule has 8 heteroatoms. The van der Waals surface area contributed by atoms with Crippen LogP contribution < -0.4 is 15.4 Å². The molecule has 1 aromatic rings. The van der Waals surface area contributed by atoms with E-state index in [1.807, 2.05) is 20.8 Å². The van der Waals surface area contributed by atoms with Gasteiger partial charge in [0.15, 0.2) is 0 Å². The lowest BCUT2D eigenvalue weighted by Gasteiger charge is -2.36. The van der Waals surface area contributed by atoms with Gasteiger partial charge in [0, 0.05) is 37.4 Å². The van der Waals surface area contributed by atoms with Crippen molar-refractivity contribution in [1.82, 2.24) is 10.2 Å². The maximum atomic E-state index is 12.0. The van der Waals surface area contributed by atoms with Gasteiger partial charge in [-0.15, -0.1) is 0 Å². The number of rotatable bonds is 4. The van der Waals surface area contributed by atoms with Crippen molar-refractivity contribution in [1.29, 1.82) is 0 Å². The number of amides is 1. The summed E-state index contributed by atoms with van der Waals surface area (Å²) in [7, 11) is -3.66. The van der Waals surface area contributed by atoms with Gasteiger partial charge < -0.3 is 10.2 Å². The summed E-state index contributed by atoms with van der Waals surface area (Å²) in [5.74, 6) is 0.0356. The van der Waals surface area contributed by atoms with Gasteiger partial charge in [-0.25, -0.2) is 13.6 Å². The molecule has 1 fully saturated rings. The third-order valence-corrected chi connectivity index (χ3v) is 4.71. The monoisotopic (exact) mass is 354 g/mol. The van der Waals surface area contributed by atoms with E-state index < -0.39 is 10.0 Å². The third-order valence-electron chi connectivity index (χ3n) is 3.78. The number of nitrogens with two attached hydrogens (primary N) is 1. The maximum Gasteiger partial charge on any atom is 0.238 e. The van der Waals surface area contributed by atoms with E-state index >= 15 is 0 Å². The van der Waals surface area contributed by atoms with E-state index in [0.29, 0.717) is 6.54 Å². The zero-order chi connectivity index (χ0) is 18.0. The molecule has 0 aromatic heterocycles. The molecule has 1 aromatic carbocycles. The van der Waals surface area contributed by atoms with Crippen molar-refractivity contribution in [2.75, 3.05) is 37.6 Å². The summed E-state index contributed by atoms with van der Waals surface area (Å²) in [6.45, 7) is 9.45. The highest BCUT2D eigenvalue weighted by molar-refractivity contribution is 7.89. The highest BCUT2D eigenvalue weighted by Crippen LogP contribution is 2.19. The van der Waals surface area contributed by atoms with Gasteiger partial charge in [0.2, 0.25) is 15.9 Å².